The summed E-state index contributed by atoms with van der Waals surface area (Å²) in [5.41, 5.74) is 2.79. The van der Waals surface area contributed by atoms with Gasteiger partial charge in [0, 0.05) is 30.4 Å². The first-order valence-corrected chi connectivity index (χ1v) is 8.60. The van der Waals surface area contributed by atoms with Crippen LogP contribution >= 0.6 is 0 Å². The Morgan fingerprint density at radius 3 is 2.39 bits per heavy atom. The predicted octanol–water partition coefficient (Wildman–Crippen LogP) is 4.01. The summed E-state index contributed by atoms with van der Waals surface area (Å²) in [6, 6.07) is 13.8. The van der Waals surface area contributed by atoms with E-state index in [9.17, 15) is 4.79 Å². The third-order valence-electron chi connectivity index (χ3n) is 5.23. The molecule has 1 aromatic heterocycles. The predicted molar refractivity (Wildman–Crippen MR) is 91.0 cm³/mol. The van der Waals surface area contributed by atoms with Crippen molar-refractivity contribution >= 4 is 5.91 Å². The Bertz CT molecular complexity index is 669. The number of amides is 1. The Labute approximate surface area is 137 Å². The molecule has 1 aliphatic heterocycles. The minimum atomic E-state index is 0.189. The highest BCUT2D eigenvalue weighted by atomic mass is 16.2. The zero-order valence-corrected chi connectivity index (χ0v) is 13.3. The summed E-state index contributed by atoms with van der Waals surface area (Å²) < 4.78 is 0. The third-order valence-corrected chi connectivity index (χ3v) is 5.23. The molecule has 2 aliphatic rings. The molecule has 2 atom stereocenters. The van der Waals surface area contributed by atoms with Gasteiger partial charge in [-0.25, -0.2) is 0 Å². The minimum absolute atomic E-state index is 0.189. The maximum Gasteiger partial charge on any atom is 0.253 e. The maximum atomic E-state index is 12.8. The Morgan fingerprint density at radius 2 is 1.74 bits per heavy atom. The Hall–Kier alpha value is -2.16. The van der Waals surface area contributed by atoms with Gasteiger partial charge in [-0.2, -0.15) is 0 Å². The molecule has 1 aliphatic carbocycles. The first kappa shape index (κ1) is 14.4. The normalized spacial score (nSPS) is 23.6. The summed E-state index contributed by atoms with van der Waals surface area (Å²) in [7, 11) is 0. The minimum Gasteiger partial charge on any atom is -0.338 e. The number of hydrogen-bond donors (Lipinski definition) is 0. The molecule has 0 N–H and O–H groups in total. The van der Waals surface area contributed by atoms with Gasteiger partial charge in [-0.3, -0.25) is 9.78 Å². The third kappa shape index (κ3) is 3.00. The van der Waals surface area contributed by atoms with E-state index in [0.29, 0.717) is 0 Å². The van der Waals surface area contributed by atoms with Crippen LogP contribution < -0.4 is 0 Å². The number of nitrogens with zero attached hydrogens (tertiary/aromatic N) is 2. The van der Waals surface area contributed by atoms with Crippen molar-refractivity contribution in [1.29, 1.82) is 0 Å². The number of fused-ring (bicyclic) bond motifs is 2. The highest BCUT2D eigenvalue weighted by molar-refractivity contribution is 5.94. The zero-order valence-electron chi connectivity index (χ0n) is 13.3. The van der Waals surface area contributed by atoms with Crippen molar-refractivity contribution in [2.45, 2.75) is 25.7 Å². The molecular formula is C20H22N2O. The number of likely N-dealkylation sites (tertiary alicyclic amines) is 1. The largest absolute Gasteiger partial charge is 0.338 e. The quantitative estimate of drug-likeness (QED) is 0.840. The van der Waals surface area contributed by atoms with Gasteiger partial charge in [0.05, 0.1) is 5.69 Å². The maximum absolute atomic E-state index is 12.8. The highest BCUT2D eigenvalue weighted by Gasteiger charge is 2.32. The topological polar surface area (TPSA) is 33.2 Å². The van der Waals surface area contributed by atoms with Crippen molar-refractivity contribution in [3.8, 4) is 11.3 Å². The van der Waals surface area contributed by atoms with Gasteiger partial charge in [-0.05, 0) is 55.4 Å². The lowest BCUT2D eigenvalue weighted by Crippen LogP contribution is -2.45. The van der Waals surface area contributed by atoms with Crippen molar-refractivity contribution in [1.82, 2.24) is 9.88 Å². The molecule has 3 nitrogen and oxygen atoms in total. The molecular weight excluding hydrogens is 284 g/mol. The van der Waals surface area contributed by atoms with E-state index in [4.69, 9.17) is 0 Å². The summed E-state index contributed by atoms with van der Waals surface area (Å²) >= 11 is 0. The number of carbonyl (C=O) groups is 1. The molecule has 2 bridgehead atoms. The molecule has 118 valence electrons. The molecule has 2 aromatic rings. The van der Waals surface area contributed by atoms with Crippen LogP contribution in [-0.4, -0.2) is 28.9 Å². The van der Waals surface area contributed by atoms with E-state index in [-0.39, 0.29) is 5.91 Å². The number of carbonyl (C=O) groups excluding carboxylic acids is 1. The van der Waals surface area contributed by atoms with Gasteiger partial charge < -0.3 is 4.90 Å². The fraction of sp³-hybridized carbons (Fsp3) is 0.400. The molecule has 2 fully saturated rings. The van der Waals surface area contributed by atoms with Crippen molar-refractivity contribution in [3.63, 3.8) is 0 Å². The summed E-state index contributed by atoms with van der Waals surface area (Å²) in [6.45, 7) is 1.88. The van der Waals surface area contributed by atoms with E-state index in [1.165, 1.54) is 25.7 Å². The molecule has 2 heterocycles. The monoisotopic (exact) mass is 306 g/mol. The lowest BCUT2D eigenvalue weighted by Gasteiger charge is -2.41. The SMILES string of the molecule is O=C(c1ccc(-c2ccccn2)cc1)N1CC2CCCC(C2)C1. The van der Waals surface area contributed by atoms with Gasteiger partial charge >= 0.3 is 0 Å². The molecule has 1 aromatic carbocycles. The molecule has 3 heteroatoms. The van der Waals surface area contributed by atoms with E-state index in [1.54, 1.807) is 6.20 Å². The van der Waals surface area contributed by atoms with Crippen molar-refractivity contribution in [2.75, 3.05) is 13.1 Å². The lowest BCUT2D eigenvalue weighted by molar-refractivity contribution is 0.0504. The molecule has 2 unspecified atom stereocenters. The van der Waals surface area contributed by atoms with Crippen LogP contribution in [-0.2, 0) is 0 Å². The van der Waals surface area contributed by atoms with Crippen LogP contribution in [0, 0.1) is 11.8 Å². The van der Waals surface area contributed by atoms with Gasteiger partial charge in [0.1, 0.15) is 0 Å². The number of aromatic nitrogens is 1. The van der Waals surface area contributed by atoms with Crippen molar-refractivity contribution in [3.05, 3.63) is 54.2 Å². The van der Waals surface area contributed by atoms with Crippen LogP contribution in [0.5, 0.6) is 0 Å². The lowest BCUT2D eigenvalue weighted by atomic mass is 9.78. The van der Waals surface area contributed by atoms with E-state index in [1.807, 2.05) is 42.5 Å². The number of benzene rings is 1. The molecule has 0 radical (unpaired) electrons. The average molecular weight is 306 g/mol. The second-order valence-corrected chi connectivity index (χ2v) is 6.90. The number of pyridine rings is 1. The van der Waals surface area contributed by atoms with Gasteiger partial charge in [-0.15, -0.1) is 0 Å². The van der Waals surface area contributed by atoms with E-state index in [2.05, 4.69) is 9.88 Å². The molecule has 1 saturated heterocycles. The second-order valence-electron chi connectivity index (χ2n) is 6.90. The Kier molecular flexibility index (Phi) is 3.86. The van der Waals surface area contributed by atoms with Crippen LogP contribution in [0.3, 0.4) is 0 Å². The van der Waals surface area contributed by atoms with Crippen LogP contribution in [0.25, 0.3) is 11.3 Å². The summed E-state index contributed by atoms with van der Waals surface area (Å²) in [5, 5.41) is 0. The summed E-state index contributed by atoms with van der Waals surface area (Å²) in [4.78, 5) is 19.2. The molecule has 1 saturated carbocycles. The smallest absolute Gasteiger partial charge is 0.253 e. The highest BCUT2D eigenvalue weighted by Crippen LogP contribution is 2.34. The molecule has 0 spiro atoms. The molecule has 23 heavy (non-hydrogen) atoms. The van der Waals surface area contributed by atoms with Crippen molar-refractivity contribution in [2.24, 2.45) is 11.8 Å². The first-order chi connectivity index (χ1) is 11.3. The summed E-state index contributed by atoms with van der Waals surface area (Å²) in [6.07, 6.45) is 7.04. The van der Waals surface area contributed by atoms with Gasteiger partial charge in [0.25, 0.3) is 5.91 Å². The van der Waals surface area contributed by atoms with E-state index >= 15 is 0 Å². The second kappa shape index (κ2) is 6.15. The fourth-order valence-electron chi connectivity index (χ4n) is 4.10. The average Bonchev–Trinajstić information content (AvgIpc) is 2.62. The van der Waals surface area contributed by atoms with E-state index in [0.717, 1.165) is 41.7 Å². The Balaban J connectivity index is 1.50. The van der Waals surface area contributed by atoms with E-state index < -0.39 is 0 Å². The first-order valence-electron chi connectivity index (χ1n) is 8.60. The number of rotatable bonds is 2. The van der Waals surface area contributed by atoms with Gasteiger partial charge in [0.15, 0.2) is 0 Å². The Morgan fingerprint density at radius 1 is 1.00 bits per heavy atom. The van der Waals surface area contributed by atoms with Gasteiger partial charge in [-0.1, -0.05) is 24.6 Å². The fourth-order valence-corrected chi connectivity index (χ4v) is 4.10. The van der Waals surface area contributed by atoms with Crippen LogP contribution in [0.15, 0.2) is 48.7 Å². The van der Waals surface area contributed by atoms with Crippen LogP contribution in [0.2, 0.25) is 0 Å². The van der Waals surface area contributed by atoms with Crippen molar-refractivity contribution < 1.29 is 4.79 Å². The summed E-state index contributed by atoms with van der Waals surface area (Å²) in [5.74, 6) is 1.63. The van der Waals surface area contributed by atoms with Crippen LogP contribution in [0.4, 0.5) is 0 Å². The standard InChI is InChI=1S/C20H22N2O/c23-20(22-13-15-4-3-5-16(12-15)14-22)18-9-7-17(8-10-18)19-6-1-2-11-21-19/h1-2,6-11,15-16H,3-5,12-14H2. The number of piperidine rings is 1. The van der Waals surface area contributed by atoms with Gasteiger partial charge in [0.2, 0.25) is 0 Å². The zero-order chi connectivity index (χ0) is 15.6. The molecule has 4 rings (SSSR count). The number of hydrogen-bond acceptors (Lipinski definition) is 2. The van der Waals surface area contributed by atoms with Crippen LogP contribution in [0.1, 0.15) is 36.0 Å². The molecule has 1 amide bonds.